The molecule has 3 heterocycles. The third kappa shape index (κ3) is 3.79. The predicted octanol–water partition coefficient (Wildman–Crippen LogP) is 2.75. The number of fused-ring (bicyclic) bond motifs is 2. The number of amides is 2. The second-order valence-corrected chi connectivity index (χ2v) is 9.26. The standard InChI is InChI=1S/C24H29FN6O2/c1-14(2)31-13-18-21(23(31)33)27-24(30-11-9-29(10-12-30)15(3)32)28-22(18)26-20-8-7-16-17(20)5-4-6-19(16)25/h4-6,14,20H,7-13H2,1-3H3,(H,26,27,28). The van der Waals surface area contributed by atoms with Gasteiger partial charge in [-0.05, 0) is 43.9 Å². The van der Waals surface area contributed by atoms with Gasteiger partial charge in [-0.2, -0.15) is 4.98 Å². The molecule has 2 aliphatic heterocycles. The second kappa shape index (κ2) is 8.28. The summed E-state index contributed by atoms with van der Waals surface area (Å²) in [4.78, 5) is 40.0. The molecule has 1 unspecified atom stereocenters. The highest BCUT2D eigenvalue weighted by molar-refractivity contribution is 5.98. The van der Waals surface area contributed by atoms with Gasteiger partial charge in [0.05, 0.1) is 12.6 Å². The second-order valence-electron chi connectivity index (χ2n) is 9.26. The van der Waals surface area contributed by atoms with Gasteiger partial charge in [0.2, 0.25) is 11.9 Å². The van der Waals surface area contributed by atoms with Crippen LogP contribution in [0.3, 0.4) is 0 Å². The van der Waals surface area contributed by atoms with E-state index >= 15 is 0 Å². The molecule has 174 valence electrons. The summed E-state index contributed by atoms with van der Waals surface area (Å²) in [5, 5.41) is 3.52. The van der Waals surface area contributed by atoms with Crippen molar-refractivity contribution in [3.8, 4) is 0 Å². The van der Waals surface area contributed by atoms with Gasteiger partial charge >= 0.3 is 0 Å². The summed E-state index contributed by atoms with van der Waals surface area (Å²) >= 11 is 0. The van der Waals surface area contributed by atoms with Crippen molar-refractivity contribution in [3.63, 3.8) is 0 Å². The summed E-state index contributed by atoms with van der Waals surface area (Å²) in [6, 6.07) is 5.17. The van der Waals surface area contributed by atoms with Gasteiger partial charge in [-0.25, -0.2) is 9.37 Å². The smallest absolute Gasteiger partial charge is 0.273 e. The first-order chi connectivity index (χ1) is 15.8. The normalized spacial score (nSPS) is 19.8. The third-order valence-corrected chi connectivity index (χ3v) is 6.94. The zero-order valence-electron chi connectivity index (χ0n) is 19.3. The molecule has 8 nitrogen and oxygen atoms in total. The van der Waals surface area contributed by atoms with Gasteiger partial charge in [0.25, 0.3) is 5.91 Å². The molecule has 1 aromatic heterocycles. The minimum atomic E-state index is -0.171. The number of halogens is 1. The Kier molecular flexibility index (Phi) is 5.42. The van der Waals surface area contributed by atoms with E-state index in [2.05, 4.69) is 10.3 Å². The van der Waals surface area contributed by atoms with Crippen LogP contribution in [0.25, 0.3) is 0 Å². The maximum atomic E-state index is 14.3. The molecule has 0 radical (unpaired) electrons. The fourth-order valence-electron chi connectivity index (χ4n) is 5.00. The molecule has 1 N–H and O–H groups in total. The van der Waals surface area contributed by atoms with E-state index in [9.17, 15) is 14.0 Å². The van der Waals surface area contributed by atoms with E-state index < -0.39 is 0 Å². The van der Waals surface area contributed by atoms with Crippen molar-refractivity contribution in [2.75, 3.05) is 36.4 Å². The van der Waals surface area contributed by atoms with E-state index in [0.717, 1.165) is 23.1 Å². The van der Waals surface area contributed by atoms with E-state index in [1.165, 1.54) is 6.07 Å². The van der Waals surface area contributed by atoms with Crippen molar-refractivity contribution in [1.82, 2.24) is 19.8 Å². The van der Waals surface area contributed by atoms with Gasteiger partial charge in [0.15, 0.2) is 0 Å². The number of aromatic nitrogens is 2. The monoisotopic (exact) mass is 452 g/mol. The van der Waals surface area contributed by atoms with Crippen molar-refractivity contribution >= 4 is 23.6 Å². The predicted molar refractivity (Wildman–Crippen MR) is 123 cm³/mol. The van der Waals surface area contributed by atoms with Gasteiger partial charge < -0.3 is 20.0 Å². The Labute approximate surface area is 192 Å². The molecule has 0 spiro atoms. The van der Waals surface area contributed by atoms with Gasteiger partial charge in [-0.3, -0.25) is 9.59 Å². The number of nitrogens with zero attached hydrogens (tertiary/aromatic N) is 5. The van der Waals surface area contributed by atoms with Gasteiger partial charge in [0, 0.05) is 44.7 Å². The van der Waals surface area contributed by atoms with E-state index in [4.69, 9.17) is 4.98 Å². The minimum Gasteiger partial charge on any atom is -0.363 e. The summed E-state index contributed by atoms with van der Waals surface area (Å²) < 4.78 is 14.3. The van der Waals surface area contributed by atoms with E-state index in [0.29, 0.717) is 56.6 Å². The van der Waals surface area contributed by atoms with Crippen molar-refractivity contribution in [2.24, 2.45) is 0 Å². The summed E-state index contributed by atoms with van der Waals surface area (Å²) in [6.07, 6.45) is 1.44. The van der Waals surface area contributed by atoms with Gasteiger partial charge in [-0.15, -0.1) is 0 Å². The third-order valence-electron chi connectivity index (χ3n) is 6.94. The average Bonchev–Trinajstić information content (AvgIpc) is 3.36. The first-order valence-corrected chi connectivity index (χ1v) is 11.6. The summed E-state index contributed by atoms with van der Waals surface area (Å²) in [7, 11) is 0. The van der Waals surface area contributed by atoms with Crippen LogP contribution in [0, 0.1) is 5.82 Å². The van der Waals surface area contributed by atoms with Crippen molar-refractivity contribution in [1.29, 1.82) is 0 Å². The molecular weight excluding hydrogens is 423 g/mol. The number of hydrogen-bond acceptors (Lipinski definition) is 6. The highest BCUT2D eigenvalue weighted by atomic mass is 19.1. The summed E-state index contributed by atoms with van der Waals surface area (Å²) in [6.45, 7) is 8.42. The maximum absolute atomic E-state index is 14.3. The number of rotatable bonds is 4. The molecule has 5 rings (SSSR count). The lowest BCUT2D eigenvalue weighted by Crippen LogP contribution is -2.48. The van der Waals surface area contributed by atoms with Crippen molar-refractivity contribution in [2.45, 2.75) is 52.2 Å². The maximum Gasteiger partial charge on any atom is 0.273 e. The summed E-state index contributed by atoms with van der Waals surface area (Å²) in [5.74, 6) is 0.932. The molecule has 1 aliphatic carbocycles. The van der Waals surface area contributed by atoms with Crippen LogP contribution < -0.4 is 10.2 Å². The molecular formula is C24H29FN6O2. The van der Waals surface area contributed by atoms with E-state index in [-0.39, 0.29) is 29.7 Å². The number of hydrogen-bond donors (Lipinski definition) is 1. The molecule has 0 bridgehead atoms. The van der Waals surface area contributed by atoms with E-state index in [1.54, 1.807) is 22.8 Å². The van der Waals surface area contributed by atoms with Crippen LogP contribution in [-0.4, -0.2) is 63.8 Å². The number of nitrogens with one attached hydrogen (secondary N) is 1. The van der Waals surface area contributed by atoms with Gasteiger partial charge in [0.1, 0.15) is 17.3 Å². The molecule has 9 heteroatoms. The average molecular weight is 453 g/mol. The van der Waals surface area contributed by atoms with E-state index in [1.807, 2.05) is 24.8 Å². The number of benzene rings is 1. The first kappa shape index (κ1) is 21.6. The van der Waals surface area contributed by atoms with Crippen molar-refractivity contribution in [3.05, 3.63) is 46.4 Å². The Morgan fingerprint density at radius 2 is 1.91 bits per heavy atom. The van der Waals surface area contributed by atoms with Crippen LogP contribution in [0.2, 0.25) is 0 Å². The highest BCUT2D eigenvalue weighted by Gasteiger charge is 2.36. The Hall–Kier alpha value is -3.23. The summed E-state index contributed by atoms with van der Waals surface area (Å²) in [5.41, 5.74) is 2.93. The number of carbonyl (C=O) groups excluding carboxylic acids is 2. The van der Waals surface area contributed by atoms with Crippen LogP contribution in [-0.2, 0) is 17.8 Å². The van der Waals surface area contributed by atoms with Crippen LogP contribution in [0.1, 0.15) is 60.4 Å². The molecule has 1 aromatic carbocycles. The zero-order valence-corrected chi connectivity index (χ0v) is 19.3. The first-order valence-electron chi connectivity index (χ1n) is 11.6. The topological polar surface area (TPSA) is 81.7 Å². The lowest BCUT2D eigenvalue weighted by atomic mass is 10.1. The molecule has 2 aromatic rings. The van der Waals surface area contributed by atoms with Crippen molar-refractivity contribution < 1.29 is 14.0 Å². The fraction of sp³-hybridized carbons (Fsp3) is 0.500. The Balaban J connectivity index is 1.49. The molecule has 1 saturated heterocycles. The largest absolute Gasteiger partial charge is 0.363 e. The Morgan fingerprint density at radius 1 is 1.15 bits per heavy atom. The number of anilines is 2. The Morgan fingerprint density at radius 3 is 2.61 bits per heavy atom. The van der Waals surface area contributed by atoms with Crippen LogP contribution in [0.4, 0.5) is 16.2 Å². The minimum absolute atomic E-state index is 0.0448. The lowest BCUT2D eigenvalue weighted by molar-refractivity contribution is -0.129. The highest BCUT2D eigenvalue weighted by Crippen LogP contribution is 2.38. The molecule has 1 fully saturated rings. The number of piperazine rings is 1. The quantitative estimate of drug-likeness (QED) is 0.768. The van der Waals surface area contributed by atoms with Crippen LogP contribution >= 0.6 is 0 Å². The lowest BCUT2D eigenvalue weighted by Gasteiger charge is -2.34. The van der Waals surface area contributed by atoms with Gasteiger partial charge in [-0.1, -0.05) is 12.1 Å². The fourth-order valence-corrected chi connectivity index (χ4v) is 5.00. The molecule has 0 saturated carbocycles. The molecule has 1 atom stereocenters. The SMILES string of the molecule is CC(=O)N1CCN(c2nc(NC3CCc4c(F)cccc43)c3c(n2)C(=O)N(C(C)C)C3)CC1. The molecule has 2 amide bonds. The molecule has 3 aliphatic rings. The Bertz CT molecular complexity index is 1110. The number of carbonyl (C=O) groups is 2. The molecule has 33 heavy (non-hydrogen) atoms. The van der Waals surface area contributed by atoms with Crippen LogP contribution in [0.15, 0.2) is 18.2 Å². The zero-order chi connectivity index (χ0) is 23.3. The van der Waals surface area contributed by atoms with Crippen LogP contribution in [0.5, 0.6) is 0 Å².